The molecule has 0 saturated carbocycles. The van der Waals surface area contributed by atoms with Gasteiger partial charge in [0.25, 0.3) is 5.56 Å². The zero-order valence-electron chi connectivity index (χ0n) is 16.1. The van der Waals surface area contributed by atoms with Gasteiger partial charge in [-0.15, -0.1) is 0 Å². The van der Waals surface area contributed by atoms with E-state index in [2.05, 4.69) is 10.1 Å². The molecule has 0 saturated heterocycles. The first kappa shape index (κ1) is 18.6. The van der Waals surface area contributed by atoms with Crippen LogP contribution in [-0.4, -0.2) is 19.7 Å². The molecule has 0 spiro atoms. The normalized spacial score (nSPS) is 14.4. The molecule has 7 nitrogen and oxygen atoms in total. The highest BCUT2D eigenvalue weighted by atomic mass is 35.5. The highest BCUT2D eigenvalue weighted by Gasteiger charge is 2.21. The molecule has 1 aliphatic heterocycles. The SMILES string of the molecule is Cc1nc(COc2ccc(/C=C3/CCn4c3nc3cc(Cl)ccc3c4=O)cc2)no1. The van der Waals surface area contributed by atoms with Crippen molar-refractivity contribution in [2.75, 3.05) is 0 Å². The van der Waals surface area contributed by atoms with E-state index in [4.69, 9.17) is 25.8 Å². The second-order valence-corrected chi connectivity index (χ2v) is 7.50. The molecule has 0 N–H and O–H groups in total. The van der Waals surface area contributed by atoms with Gasteiger partial charge in [0.05, 0.1) is 10.9 Å². The van der Waals surface area contributed by atoms with Gasteiger partial charge in [-0.1, -0.05) is 28.9 Å². The summed E-state index contributed by atoms with van der Waals surface area (Å²) in [6.07, 6.45) is 2.80. The molecule has 2 aromatic carbocycles. The summed E-state index contributed by atoms with van der Waals surface area (Å²) in [5, 5.41) is 4.96. The minimum Gasteiger partial charge on any atom is -0.485 e. The summed E-state index contributed by atoms with van der Waals surface area (Å²) in [7, 11) is 0. The van der Waals surface area contributed by atoms with Crippen LogP contribution >= 0.6 is 11.6 Å². The number of rotatable bonds is 4. The summed E-state index contributed by atoms with van der Waals surface area (Å²) in [5.41, 5.74) is 2.61. The van der Waals surface area contributed by atoms with Crippen molar-refractivity contribution < 1.29 is 9.26 Å². The number of aryl methyl sites for hydroxylation is 1. The first-order valence-corrected chi connectivity index (χ1v) is 9.88. The molecule has 0 amide bonds. The molecule has 30 heavy (non-hydrogen) atoms. The standard InChI is InChI=1S/C22H17ClN4O3/c1-13-24-20(26-30-13)12-29-17-5-2-14(3-6-17)10-15-8-9-27-21(15)25-19-11-16(23)4-7-18(19)22(27)28/h2-7,10-11H,8-9,12H2,1H3/b15-10-. The summed E-state index contributed by atoms with van der Waals surface area (Å²) < 4.78 is 12.3. The van der Waals surface area contributed by atoms with Crippen molar-refractivity contribution in [3.8, 4) is 5.75 Å². The van der Waals surface area contributed by atoms with Gasteiger partial charge in [0, 0.05) is 18.5 Å². The predicted octanol–water partition coefficient (Wildman–Crippen LogP) is 4.26. The average molecular weight is 421 g/mol. The summed E-state index contributed by atoms with van der Waals surface area (Å²) in [5.74, 6) is 2.42. The number of nitrogens with zero attached hydrogens (tertiary/aromatic N) is 4. The van der Waals surface area contributed by atoms with E-state index < -0.39 is 0 Å². The predicted molar refractivity (Wildman–Crippen MR) is 113 cm³/mol. The van der Waals surface area contributed by atoms with Crippen LogP contribution in [0.25, 0.3) is 22.6 Å². The van der Waals surface area contributed by atoms with Crippen LogP contribution in [0.3, 0.4) is 0 Å². The van der Waals surface area contributed by atoms with Gasteiger partial charge in [0.2, 0.25) is 11.7 Å². The van der Waals surface area contributed by atoms with E-state index in [0.717, 1.165) is 17.6 Å². The Morgan fingerprint density at radius 2 is 2.03 bits per heavy atom. The Labute approximate surface area is 176 Å². The third kappa shape index (κ3) is 3.48. The Kier molecular flexibility index (Phi) is 4.59. The van der Waals surface area contributed by atoms with Crippen LogP contribution in [0.5, 0.6) is 5.75 Å². The van der Waals surface area contributed by atoms with E-state index >= 15 is 0 Å². The molecule has 0 aliphatic carbocycles. The molecule has 0 unspecified atom stereocenters. The van der Waals surface area contributed by atoms with E-state index in [1.807, 2.05) is 30.3 Å². The van der Waals surface area contributed by atoms with Gasteiger partial charge in [-0.25, -0.2) is 4.98 Å². The number of allylic oxidation sites excluding steroid dienone is 1. The highest BCUT2D eigenvalue weighted by Crippen LogP contribution is 2.28. The first-order valence-electron chi connectivity index (χ1n) is 9.50. The first-order chi connectivity index (χ1) is 14.6. The number of hydrogen-bond acceptors (Lipinski definition) is 6. The minimum atomic E-state index is -0.0319. The van der Waals surface area contributed by atoms with Crippen molar-refractivity contribution in [2.45, 2.75) is 26.5 Å². The van der Waals surface area contributed by atoms with E-state index in [1.54, 1.807) is 29.7 Å². The van der Waals surface area contributed by atoms with Crippen molar-refractivity contribution in [3.05, 3.63) is 80.9 Å². The number of aromatic nitrogens is 4. The lowest BCUT2D eigenvalue weighted by Gasteiger charge is -2.06. The monoisotopic (exact) mass is 420 g/mol. The maximum atomic E-state index is 12.8. The molecule has 5 rings (SSSR count). The smallest absolute Gasteiger partial charge is 0.261 e. The Balaban J connectivity index is 1.40. The average Bonchev–Trinajstić information content (AvgIpc) is 3.34. The summed E-state index contributed by atoms with van der Waals surface area (Å²) >= 11 is 6.08. The topological polar surface area (TPSA) is 83.0 Å². The van der Waals surface area contributed by atoms with Gasteiger partial charge in [-0.2, -0.15) is 4.98 Å². The zero-order valence-corrected chi connectivity index (χ0v) is 16.9. The number of fused-ring (bicyclic) bond motifs is 2. The second-order valence-electron chi connectivity index (χ2n) is 7.06. The molecule has 0 radical (unpaired) electrons. The zero-order chi connectivity index (χ0) is 20.7. The number of benzene rings is 2. The maximum Gasteiger partial charge on any atom is 0.261 e. The molecule has 0 atom stereocenters. The van der Waals surface area contributed by atoms with Crippen LogP contribution in [-0.2, 0) is 13.2 Å². The third-order valence-corrected chi connectivity index (χ3v) is 5.20. The summed E-state index contributed by atoms with van der Waals surface area (Å²) in [6.45, 7) is 2.60. The molecular formula is C22H17ClN4O3. The van der Waals surface area contributed by atoms with E-state index in [0.29, 0.717) is 45.8 Å². The van der Waals surface area contributed by atoms with Gasteiger partial charge in [0.15, 0.2) is 6.61 Å². The van der Waals surface area contributed by atoms with Crippen molar-refractivity contribution in [2.24, 2.45) is 0 Å². The van der Waals surface area contributed by atoms with Gasteiger partial charge in [0.1, 0.15) is 11.6 Å². The van der Waals surface area contributed by atoms with Crippen LogP contribution in [0, 0.1) is 6.92 Å². The van der Waals surface area contributed by atoms with E-state index in [9.17, 15) is 4.79 Å². The Morgan fingerprint density at radius 1 is 1.20 bits per heavy atom. The lowest BCUT2D eigenvalue weighted by atomic mass is 10.1. The Hall–Kier alpha value is -3.45. The molecule has 0 bridgehead atoms. The summed E-state index contributed by atoms with van der Waals surface area (Å²) in [4.78, 5) is 21.6. The van der Waals surface area contributed by atoms with Crippen molar-refractivity contribution in [1.82, 2.24) is 19.7 Å². The fourth-order valence-electron chi connectivity index (χ4n) is 3.54. The largest absolute Gasteiger partial charge is 0.485 e. The fourth-order valence-corrected chi connectivity index (χ4v) is 3.70. The van der Waals surface area contributed by atoms with Crippen LogP contribution in [0.1, 0.15) is 29.5 Å². The Bertz CT molecular complexity index is 1340. The van der Waals surface area contributed by atoms with Crippen molar-refractivity contribution in [1.29, 1.82) is 0 Å². The number of ether oxygens (including phenoxy) is 1. The number of halogens is 1. The number of hydrogen-bond donors (Lipinski definition) is 0. The lowest BCUT2D eigenvalue weighted by Crippen LogP contribution is -2.20. The van der Waals surface area contributed by atoms with Gasteiger partial charge in [-0.3, -0.25) is 9.36 Å². The van der Waals surface area contributed by atoms with Crippen LogP contribution in [0.4, 0.5) is 0 Å². The van der Waals surface area contributed by atoms with Gasteiger partial charge in [-0.05, 0) is 54.0 Å². The molecule has 150 valence electrons. The van der Waals surface area contributed by atoms with Crippen LogP contribution in [0.2, 0.25) is 5.02 Å². The lowest BCUT2D eigenvalue weighted by molar-refractivity contribution is 0.285. The second kappa shape index (κ2) is 7.42. The molecule has 4 aromatic rings. The molecule has 3 heterocycles. The fraction of sp³-hybridized carbons (Fsp3) is 0.182. The quantitative estimate of drug-likeness (QED) is 0.490. The third-order valence-electron chi connectivity index (χ3n) is 4.97. The molecule has 8 heteroatoms. The van der Waals surface area contributed by atoms with Crippen molar-refractivity contribution in [3.63, 3.8) is 0 Å². The van der Waals surface area contributed by atoms with Gasteiger partial charge < -0.3 is 9.26 Å². The van der Waals surface area contributed by atoms with E-state index in [-0.39, 0.29) is 12.2 Å². The summed E-state index contributed by atoms with van der Waals surface area (Å²) in [6, 6.07) is 12.9. The molecule has 1 aliphatic rings. The van der Waals surface area contributed by atoms with Crippen LogP contribution in [0.15, 0.2) is 51.8 Å². The van der Waals surface area contributed by atoms with Crippen molar-refractivity contribution >= 4 is 34.2 Å². The van der Waals surface area contributed by atoms with E-state index in [1.165, 1.54) is 0 Å². The van der Waals surface area contributed by atoms with Gasteiger partial charge >= 0.3 is 0 Å². The maximum absolute atomic E-state index is 12.8. The Morgan fingerprint density at radius 3 is 2.80 bits per heavy atom. The minimum absolute atomic E-state index is 0.0319. The molecule has 0 fully saturated rings. The molecular weight excluding hydrogens is 404 g/mol. The highest BCUT2D eigenvalue weighted by molar-refractivity contribution is 6.31. The van der Waals surface area contributed by atoms with Crippen LogP contribution < -0.4 is 10.3 Å². The molecule has 2 aromatic heterocycles.